The molecule has 0 aliphatic heterocycles. The largest absolute Gasteiger partial charge is 0.271 e. The third kappa shape index (κ3) is 3.01. The fraction of sp³-hybridized carbons (Fsp3) is 0.778. The normalized spacial score (nSPS) is 13.1. The molecule has 3 N–H and O–H groups in total. The molecule has 5 heteroatoms. The van der Waals surface area contributed by atoms with Gasteiger partial charge in [0.15, 0.2) is 0 Å². The molecule has 1 unspecified atom stereocenters. The molecule has 0 aliphatic carbocycles. The fourth-order valence-electron chi connectivity index (χ4n) is 1.45. The van der Waals surface area contributed by atoms with Crippen molar-refractivity contribution in [2.24, 2.45) is 5.84 Å². The van der Waals surface area contributed by atoms with Gasteiger partial charge in [0.2, 0.25) is 0 Å². The molecule has 80 valence electrons. The van der Waals surface area contributed by atoms with Gasteiger partial charge in [-0.05, 0) is 24.9 Å². The number of aromatic nitrogens is 2. The summed E-state index contributed by atoms with van der Waals surface area (Å²) in [7, 11) is 0. The van der Waals surface area contributed by atoms with E-state index in [1.165, 1.54) is 35.7 Å². The molecule has 0 radical (unpaired) electrons. The fourth-order valence-corrected chi connectivity index (χ4v) is 2.18. The van der Waals surface area contributed by atoms with E-state index < -0.39 is 0 Å². The Kier molecular flexibility index (Phi) is 5.00. The molecule has 1 heterocycles. The van der Waals surface area contributed by atoms with Crippen LogP contribution < -0.4 is 11.3 Å². The summed E-state index contributed by atoms with van der Waals surface area (Å²) in [6.07, 6.45) is 4.75. The first-order chi connectivity index (χ1) is 6.79. The molecule has 14 heavy (non-hydrogen) atoms. The SMILES string of the molecule is CCCCCC(NN)c1snnc1C. The Morgan fingerprint density at radius 1 is 1.50 bits per heavy atom. The van der Waals surface area contributed by atoms with Gasteiger partial charge in [-0.1, -0.05) is 30.7 Å². The van der Waals surface area contributed by atoms with Crippen molar-refractivity contribution >= 4 is 11.5 Å². The van der Waals surface area contributed by atoms with Crippen molar-refractivity contribution in [2.75, 3.05) is 0 Å². The van der Waals surface area contributed by atoms with E-state index >= 15 is 0 Å². The van der Waals surface area contributed by atoms with Gasteiger partial charge in [-0.3, -0.25) is 11.3 Å². The Bertz CT molecular complexity index is 261. The number of hydrazine groups is 1. The molecule has 0 bridgehead atoms. The summed E-state index contributed by atoms with van der Waals surface area (Å²) in [5, 5.41) is 3.99. The van der Waals surface area contributed by atoms with Crippen molar-refractivity contribution < 1.29 is 0 Å². The topological polar surface area (TPSA) is 63.8 Å². The molecule has 1 rings (SSSR count). The second kappa shape index (κ2) is 6.06. The van der Waals surface area contributed by atoms with Crippen molar-refractivity contribution in [3.8, 4) is 0 Å². The van der Waals surface area contributed by atoms with Crippen LogP contribution in [0.25, 0.3) is 0 Å². The highest BCUT2D eigenvalue weighted by Gasteiger charge is 2.14. The van der Waals surface area contributed by atoms with E-state index in [-0.39, 0.29) is 6.04 Å². The van der Waals surface area contributed by atoms with Crippen LogP contribution in [0.2, 0.25) is 0 Å². The van der Waals surface area contributed by atoms with Gasteiger partial charge in [0.1, 0.15) is 0 Å². The average Bonchev–Trinajstić information content (AvgIpc) is 2.60. The predicted octanol–water partition coefficient (Wildman–Crippen LogP) is 1.93. The maximum atomic E-state index is 5.52. The van der Waals surface area contributed by atoms with Crippen LogP contribution in [0.3, 0.4) is 0 Å². The lowest BCUT2D eigenvalue weighted by Gasteiger charge is -2.13. The summed E-state index contributed by atoms with van der Waals surface area (Å²) in [6.45, 7) is 4.17. The molecule has 1 aromatic heterocycles. The second-order valence-corrected chi connectivity index (χ2v) is 4.22. The number of rotatable bonds is 6. The van der Waals surface area contributed by atoms with Crippen LogP contribution in [-0.2, 0) is 0 Å². The third-order valence-corrected chi connectivity index (χ3v) is 3.24. The lowest BCUT2D eigenvalue weighted by molar-refractivity contribution is 0.491. The van der Waals surface area contributed by atoms with Gasteiger partial charge >= 0.3 is 0 Å². The quantitative estimate of drug-likeness (QED) is 0.431. The van der Waals surface area contributed by atoms with Gasteiger partial charge in [-0.25, -0.2) is 0 Å². The summed E-state index contributed by atoms with van der Waals surface area (Å²) in [5.41, 5.74) is 3.83. The average molecular weight is 214 g/mol. The summed E-state index contributed by atoms with van der Waals surface area (Å²) in [5.74, 6) is 5.52. The van der Waals surface area contributed by atoms with Crippen LogP contribution in [0.4, 0.5) is 0 Å². The molecule has 0 spiro atoms. The Morgan fingerprint density at radius 2 is 2.29 bits per heavy atom. The highest BCUT2D eigenvalue weighted by molar-refractivity contribution is 7.05. The van der Waals surface area contributed by atoms with E-state index in [0.717, 1.165) is 12.1 Å². The van der Waals surface area contributed by atoms with Crippen LogP contribution in [-0.4, -0.2) is 9.59 Å². The predicted molar refractivity (Wildman–Crippen MR) is 58.9 cm³/mol. The molecule has 0 aromatic carbocycles. The summed E-state index contributed by atoms with van der Waals surface area (Å²) >= 11 is 1.44. The number of nitrogens with zero attached hydrogens (tertiary/aromatic N) is 2. The zero-order chi connectivity index (χ0) is 10.4. The molecular weight excluding hydrogens is 196 g/mol. The van der Waals surface area contributed by atoms with Crippen LogP contribution >= 0.6 is 11.5 Å². The smallest absolute Gasteiger partial charge is 0.0773 e. The minimum atomic E-state index is 0.224. The first-order valence-electron chi connectivity index (χ1n) is 5.04. The standard InChI is InChI=1S/C9H18N4S/c1-3-4-5-6-8(11-10)9-7(2)12-13-14-9/h8,11H,3-6,10H2,1-2H3. The van der Waals surface area contributed by atoms with Gasteiger partial charge < -0.3 is 0 Å². The lowest BCUT2D eigenvalue weighted by Crippen LogP contribution is -2.27. The van der Waals surface area contributed by atoms with Gasteiger partial charge in [0.25, 0.3) is 0 Å². The number of hydrogen-bond donors (Lipinski definition) is 2. The molecule has 0 saturated heterocycles. The van der Waals surface area contributed by atoms with Crippen molar-refractivity contribution in [1.29, 1.82) is 0 Å². The van der Waals surface area contributed by atoms with Crippen LogP contribution in [0.5, 0.6) is 0 Å². The minimum Gasteiger partial charge on any atom is -0.271 e. The number of nitrogens with two attached hydrogens (primary N) is 1. The van der Waals surface area contributed by atoms with E-state index in [0.29, 0.717) is 0 Å². The van der Waals surface area contributed by atoms with Gasteiger partial charge in [-0.2, -0.15) is 0 Å². The maximum absolute atomic E-state index is 5.52. The van der Waals surface area contributed by atoms with Crippen LogP contribution in [0.1, 0.15) is 49.2 Å². The molecule has 4 nitrogen and oxygen atoms in total. The number of nitrogens with one attached hydrogen (secondary N) is 1. The highest BCUT2D eigenvalue weighted by atomic mass is 32.1. The zero-order valence-corrected chi connectivity index (χ0v) is 9.60. The van der Waals surface area contributed by atoms with Crippen molar-refractivity contribution in [1.82, 2.24) is 15.0 Å². The van der Waals surface area contributed by atoms with E-state index in [2.05, 4.69) is 21.9 Å². The number of aryl methyl sites for hydroxylation is 1. The lowest BCUT2D eigenvalue weighted by atomic mass is 10.1. The maximum Gasteiger partial charge on any atom is 0.0773 e. The van der Waals surface area contributed by atoms with Crippen LogP contribution in [0, 0.1) is 6.92 Å². The molecule has 1 aromatic rings. The first kappa shape index (κ1) is 11.6. The van der Waals surface area contributed by atoms with Gasteiger partial charge in [0, 0.05) is 0 Å². The molecule has 0 amide bonds. The van der Waals surface area contributed by atoms with E-state index in [1.807, 2.05) is 6.92 Å². The monoisotopic (exact) mass is 214 g/mol. The van der Waals surface area contributed by atoms with Crippen LogP contribution in [0.15, 0.2) is 0 Å². The molecule has 1 atom stereocenters. The van der Waals surface area contributed by atoms with Gasteiger partial charge in [-0.15, -0.1) is 5.10 Å². The minimum absolute atomic E-state index is 0.224. The molecule has 0 fully saturated rings. The van der Waals surface area contributed by atoms with E-state index in [9.17, 15) is 0 Å². The third-order valence-electron chi connectivity index (χ3n) is 2.30. The molecule has 0 aliphatic rings. The summed E-state index contributed by atoms with van der Waals surface area (Å²) in [6, 6.07) is 0.224. The van der Waals surface area contributed by atoms with Crippen molar-refractivity contribution in [3.63, 3.8) is 0 Å². The highest BCUT2D eigenvalue weighted by Crippen LogP contribution is 2.23. The summed E-state index contributed by atoms with van der Waals surface area (Å²) < 4.78 is 3.91. The van der Waals surface area contributed by atoms with E-state index in [1.54, 1.807) is 0 Å². The molecular formula is C9H18N4S. The summed E-state index contributed by atoms with van der Waals surface area (Å²) in [4.78, 5) is 1.17. The Balaban J connectivity index is 2.50. The Morgan fingerprint density at radius 3 is 2.79 bits per heavy atom. The van der Waals surface area contributed by atoms with Gasteiger partial charge in [0.05, 0.1) is 16.6 Å². The number of hydrogen-bond acceptors (Lipinski definition) is 5. The first-order valence-corrected chi connectivity index (χ1v) is 5.82. The zero-order valence-electron chi connectivity index (χ0n) is 8.79. The van der Waals surface area contributed by atoms with Crippen molar-refractivity contribution in [3.05, 3.63) is 10.6 Å². The second-order valence-electron chi connectivity index (χ2n) is 3.44. The Labute approximate surface area is 89.0 Å². The van der Waals surface area contributed by atoms with E-state index in [4.69, 9.17) is 5.84 Å². The Hall–Kier alpha value is -0.520. The number of unbranched alkanes of at least 4 members (excludes halogenated alkanes) is 2. The van der Waals surface area contributed by atoms with Crippen molar-refractivity contribution in [2.45, 2.75) is 45.6 Å². The molecule has 0 saturated carbocycles.